The lowest BCUT2D eigenvalue weighted by atomic mass is 10.2. The van der Waals surface area contributed by atoms with E-state index in [1.54, 1.807) is 4.90 Å². The summed E-state index contributed by atoms with van der Waals surface area (Å²) in [4.78, 5) is 19.4. The maximum atomic E-state index is 12.6. The van der Waals surface area contributed by atoms with Crippen molar-refractivity contribution < 1.29 is 9.21 Å². The molecule has 0 unspecified atom stereocenters. The number of thioether (sulfide) groups is 1. The molecule has 2 aromatic carbocycles. The summed E-state index contributed by atoms with van der Waals surface area (Å²) in [6, 6.07) is 17.5. The molecule has 1 saturated heterocycles. The zero-order valence-electron chi connectivity index (χ0n) is 13.9. The third-order valence-corrected chi connectivity index (χ3v) is 5.46. The first-order valence-electron chi connectivity index (χ1n) is 8.35. The van der Waals surface area contributed by atoms with Gasteiger partial charge in [-0.05, 0) is 30.2 Å². The number of amides is 1. The predicted octanol–water partition coefficient (Wildman–Crippen LogP) is 4.66. The lowest BCUT2D eigenvalue weighted by Gasteiger charge is -2.13. The van der Waals surface area contributed by atoms with Crippen molar-refractivity contribution in [3.63, 3.8) is 0 Å². The minimum absolute atomic E-state index is 0.0265. The van der Waals surface area contributed by atoms with Crippen LogP contribution in [0, 0.1) is 0 Å². The van der Waals surface area contributed by atoms with Gasteiger partial charge in [-0.25, -0.2) is 4.98 Å². The van der Waals surface area contributed by atoms with Gasteiger partial charge in [-0.3, -0.25) is 9.69 Å². The first-order valence-corrected chi connectivity index (χ1v) is 9.58. The molecule has 1 aromatic heterocycles. The first kappa shape index (κ1) is 17.0. The Labute approximate surface area is 160 Å². The van der Waals surface area contributed by atoms with E-state index in [4.69, 9.17) is 16.6 Å². The largest absolute Gasteiger partial charge is 0.441 e. The summed E-state index contributed by atoms with van der Waals surface area (Å²) in [5.41, 5.74) is 2.65. The number of nitrogens with zero attached hydrogens (tertiary/aromatic N) is 2. The molecule has 3 aromatic rings. The number of oxazole rings is 1. The molecule has 130 valence electrons. The Morgan fingerprint density at radius 3 is 2.69 bits per heavy atom. The fraction of sp³-hybridized carbons (Fsp3) is 0.150. The summed E-state index contributed by atoms with van der Waals surface area (Å²) < 4.78 is 6.33. The van der Waals surface area contributed by atoms with Crippen LogP contribution in [0.1, 0.15) is 17.9 Å². The van der Waals surface area contributed by atoms with Crippen LogP contribution in [0.4, 0.5) is 0 Å². The molecule has 2 heterocycles. The highest BCUT2D eigenvalue weighted by atomic mass is 32.2. The molecule has 0 aliphatic carbocycles. The van der Waals surface area contributed by atoms with Crippen LogP contribution in [0.3, 0.4) is 0 Å². The van der Waals surface area contributed by atoms with E-state index in [1.807, 2.05) is 60.7 Å². The molecule has 4 rings (SSSR count). The van der Waals surface area contributed by atoms with Crippen LogP contribution in [0.5, 0.6) is 0 Å². The zero-order valence-corrected chi connectivity index (χ0v) is 15.6. The number of aryl methyl sites for hydroxylation is 1. The van der Waals surface area contributed by atoms with Crippen molar-refractivity contribution >= 4 is 51.4 Å². The van der Waals surface area contributed by atoms with Crippen molar-refractivity contribution in [3.8, 4) is 0 Å². The monoisotopic (exact) mass is 380 g/mol. The molecule has 0 radical (unpaired) electrons. The number of fused-ring (bicyclic) bond motifs is 1. The number of hydrogen-bond acceptors (Lipinski definition) is 5. The van der Waals surface area contributed by atoms with E-state index < -0.39 is 0 Å². The smallest absolute Gasteiger partial charge is 0.266 e. The molecule has 26 heavy (non-hydrogen) atoms. The van der Waals surface area contributed by atoms with Gasteiger partial charge >= 0.3 is 0 Å². The van der Waals surface area contributed by atoms with Crippen molar-refractivity contribution in [2.24, 2.45) is 0 Å². The standard InChI is InChI=1S/C20H16N2O2S2/c23-19-17(13-14-7-2-1-3-8-14)26-20(25)22(19)12-6-11-18-21-15-9-4-5-10-16(15)24-18/h1-5,7-10,13H,6,11-12H2/b17-13-. The predicted molar refractivity (Wildman–Crippen MR) is 109 cm³/mol. The molecule has 1 aliphatic rings. The first-order chi connectivity index (χ1) is 12.7. The van der Waals surface area contributed by atoms with Gasteiger partial charge in [0.1, 0.15) is 9.84 Å². The van der Waals surface area contributed by atoms with E-state index in [9.17, 15) is 4.79 Å². The second-order valence-corrected chi connectivity index (χ2v) is 7.60. The molecule has 6 heteroatoms. The van der Waals surface area contributed by atoms with Crippen LogP contribution in [-0.4, -0.2) is 26.7 Å². The molecular weight excluding hydrogens is 364 g/mol. The zero-order chi connectivity index (χ0) is 17.9. The van der Waals surface area contributed by atoms with Crippen LogP contribution in [0.25, 0.3) is 17.2 Å². The van der Waals surface area contributed by atoms with E-state index >= 15 is 0 Å². The summed E-state index contributed by atoms with van der Waals surface area (Å²) in [5.74, 6) is 0.665. The van der Waals surface area contributed by atoms with E-state index in [1.165, 1.54) is 11.8 Å². The molecule has 1 fully saturated rings. The van der Waals surface area contributed by atoms with Crippen molar-refractivity contribution in [2.45, 2.75) is 12.8 Å². The maximum Gasteiger partial charge on any atom is 0.266 e. The van der Waals surface area contributed by atoms with E-state index in [0.717, 1.165) is 23.1 Å². The highest BCUT2D eigenvalue weighted by Crippen LogP contribution is 2.32. The van der Waals surface area contributed by atoms with Crippen LogP contribution < -0.4 is 0 Å². The topological polar surface area (TPSA) is 46.3 Å². The van der Waals surface area contributed by atoms with Crippen molar-refractivity contribution in [2.75, 3.05) is 6.54 Å². The van der Waals surface area contributed by atoms with Gasteiger partial charge in [0.25, 0.3) is 5.91 Å². The van der Waals surface area contributed by atoms with Crippen LogP contribution >= 0.6 is 24.0 Å². The summed E-state index contributed by atoms with van der Waals surface area (Å²) in [5, 5.41) is 0. The lowest BCUT2D eigenvalue weighted by molar-refractivity contribution is -0.122. The second-order valence-electron chi connectivity index (χ2n) is 5.92. The van der Waals surface area contributed by atoms with Crippen LogP contribution in [-0.2, 0) is 11.2 Å². The van der Waals surface area contributed by atoms with Gasteiger partial charge in [-0.15, -0.1) is 0 Å². The molecular formula is C20H16N2O2S2. The quantitative estimate of drug-likeness (QED) is 0.476. The van der Waals surface area contributed by atoms with E-state index in [-0.39, 0.29) is 5.91 Å². The number of hydrogen-bond donors (Lipinski definition) is 0. The van der Waals surface area contributed by atoms with Gasteiger partial charge in [-0.1, -0.05) is 66.4 Å². The molecule has 0 N–H and O–H groups in total. The summed E-state index contributed by atoms with van der Waals surface area (Å²) in [6.07, 6.45) is 3.31. The van der Waals surface area contributed by atoms with Gasteiger partial charge < -0.3 is 4.42 Å². The number of carbonyl (C=O) groups is 1. The van der Waals surface area contributed by atoms with Gasteiger partial charge in [0.15, 0.2) is 11.5 Å². The molecule has 0 atom stereocenters. The fourth-order valence-electron chi connectivity index (χ4n) is 2.81. The molecule has 1 aliphatic heterocycles. The minimum Gasteiger partial charge on any atom is -0.441 e. The fourth-order valence-corrected chi connectivity index (χ4v) is 4.12. The normalized spacial score (nSPS) is 16.2. The Hall–Kier alpha value is -2.44. The van der Waals surface area contributed by atoms with Crippen molar-refractivity contribution in [1.29, 1.82) is 0 Å². The van der Waals surface area contributed by atoms with E-state index in [2.05, 4.69) is 4.98 Å². The third kappa shape index (κ3) is 3.57. The van der Waals surface area contributed by atoms with E-state index in [0.29, 0.717) is 28.1 Å². The summed E-state index contributed by atoms with van der Waals surface area (Å²) in [7, 11) is 0. The second kappa shape index (κ2) is 7.43. The number of para-hydroxylation sites is 2. The Kier molecular flexibility index (Phi) is 4.86. The average Bonchev–Trinajstić information content (AvgIpc) is 3.18. The molecule has 0 bridgehead atoms. The molecule has 0 spiro atoms. The summed E-state index contributed by atoms with van der Waals surface area (Å²) in [6.45, 7) is 0.565. The van der Waals surface area contributed by atoms with Crippen molar-refractivity contribution in [3.05, 3.63) is 71.0 Å². The van der Waals surface area contributed by atoms with Gasteiger partial charge in [0.05, 0.1) is 4.91 Å². The number of carbonyl (C=O) groups excluding carboxylic acids is 1. The number of thiocarbonyl (C=S) groups is 1. The van der Waals surface area contributed by atoms with Crippen LogP contribution in [0.2, 0.25) is 0 Å². The maximum absolute atomic E-state index is 12.6. The lowest BCUT2D eigenvalue weighted by Crippen LogP contribution is -2.29. The Balaban J connectivity index is 1.39. The molecule has 0 saturated carbocycles. The Morgan fingerprint density at radius 2 is 1.88 bits per heavy atom. The highest BCUT2D eigenvalue weighted by Gasteiger charge is 2.31. The minimum atomic E-state index is -0.0265. The van der Waals surface area contributed by atoms with Crippen molar-refractivity contribution in [1.82, 2.24) is 9.88 Å². The Bertz CT molecular complexity index is 962. The SMILES string of the molecule is O=C1/C(=C/c2ccccc2)SC(=S)N1CCCc1nc2ccccc2o1. The number of aromatic nitrogens is 1. The third-order valence-electron chi connectivity index (χ3n) is 4.08. The number of rotatable bonds is 5. The molecule has 1 amide bonds. The van der Waals surface area contributed by atoms with Gasteiger partial charge in [0.2, 0.25) is 0 Å². The number of benzene rings is 2. The summed E-state index contributed by atoms with van der Waals surface area (Å²) >= 11 is 6.74. The highest BCUT2D eigenvalue weighted by molar-refractivity contribution is 8.26. The van der Waals surface area contributed by atoms with Gasteiger partial charge in [0, 0.05) is 13.0 Å². The van der Waals surface area contributed by atoms with Crippen LogP contribution in [0.15, 0.2) is 63.9 Å². The molecule has 4 nitrogen and oxygen atoms in total. The van der Waals surface area contributed by atoms with Gasteiger partial charge in [-0.2, -0.15) is 0 Å². The average molecular weight is 380 g/mol. The Morgan fingerprint density at radius 1 is 1.12 bits per heavy atom.